The van der Waals surface area contributed by atoms with Crippen LogP contribution in [0.4, 0.5) is 0 Å². The second-order valence-electron chi connectivity index (χ2n) is 4.93. The fraction of sp³-hybridized carbons (Fsp3) is 0.235. The van der Waals surface area contributed by atoms with Crippen LogP contribution >= 0.6 is 0 Å². The lowest BCUT2D eigenvalue weighted by Gasteiger charge is -2.12. The molecule has 4 heteroatoms. The van der Waals surface area contributed by atoms with Gasteiger partial charge in [0.1, 0.15) is 11.7 Å². The van der Waals surface area contributed by atoms with Crippen molar-refractivity contribution in [3.8, 4) is 0 Å². The van der Waals surface area contributed by atoms with Crippen LogP contribution in [0.15, 0.2) is 60.7 Å². The van der Waals surface area contributed by atoms with Crippen LogP contribution in [0.1, 0.15) is 23.5 Å². The number of hydrogen-bond acceptors (Lipinski definition) is 3. The second kappa shape index (κ2) is 7.33. The Balaban J connectivity index is 2.06. The molecule has 4 nitrogen and oxygen atoms in total. The Labute approximate surface area is 123 Å². The molecule has 21 heavy (non-hydrogen) atoms. The molecule has 0 saturated heterocycles. The number of nitrogens with zero attached hydrogens (tertiary/aromatic N) is 1. The second-order valence-corrected chi connectivity index (χ2v) is 4.93. The zero-order valence-electron chi connectivity index (χ0n) is 11.6. The smallest absolute Gasteiger partial charge is 0.217 e. The molecule has 0 aromatic heterocycles. The summed E-state index contributed by atoms with van der Waals surface area (Å²) in [4.78, 5) is 22.7. The van der Waals surface area contributed by atoms with Gasteiger partial charge in [0.05, 0.1) is 0 Å². The van der Waals surface area contributed by atoms with Crippen LogP contribution in [0.2, 0.25) is 0 Å². The van der Waals surface area contributed by atoms with Crippen LogP contribution in [0.5, 0.6) is 0 Å². The third kappa shape index (κ3) is 4.53. The van der Waals surface area contributed by atoms with Gasteiger partial charge in [-0.2, -0.15) is 0 Å². The van der Waals surface area contributed by atoms with E-state index < -0.39 is 10.8 Å². The number of carbonyl (C=O) groups is 1. The maximum atomic E-state index is 12.3. The molecule has 2 aromatic rings. The molecular weight excluding hydrogens is 266 g/mol. The lowest BCUT2D eigenvalue weighted by Crippen LogP contribution is -2.21. The molecular formula is C17H17NO3. The average Bonchev–Trinajstić information content (AvgIpc) is 2.52. The Bertz CT molecular complexity index is 596. The highest BCUT2D eigenvalue weighted by Crippen LogP contribution is 2.19. The summed E-state index contributed by atoms with van der Waals surface area (Å²) in [6.45, 7) is -0.350. The monoisotopic (exact) mass is 283 g/mol. The van der Waals surface area contributed by atoms with Gasteiger partial charge in [-0.05, 0) is 17.5 Å². The summed E-state index contributed by atoms with van der Waals surface area (Å²) in [5.74, 6) is -0.744. The van der Waals surface area contributed by atoms with Crippen LogP contribution in [-0.2, 0) is 11.2 Å². The van der Waals surface area contributed by atoms with Crippen molar-refractivity contribution in [1.82, 2.24) is 0 Å². The first-order chi connectivity index (χ1) is 10.2. The zero-order valence-corrected chi connectivity index (χ0v) is 11.6. The van der Waals surface area contributed by atoms with Crippen molar-refractivity contribution in [2.45, 2.75) is 18.8 Å². The standard InChI is InChI=1S/C17H17NO3/c19-17(12-11-14-7-3-1-4-8-14)16(13-18(20)21)15-9-5-2-6-10-15/h1-10,16H,11-13H2. The summed E-state index contributed by atoms with van der Waals surface area (Å²) in [5, 5.41) is 10.8. The molecule has 0 fully saturated rings. The van der Waals surface area contributed by atoms with E-state index in [0.29, 0.717) is 18.4 Å². The highest BCUT2D eigenvalue weighted by molar-refractivity contribution is 5.86. The first-order valence-electron chi connectivity index (χ1n) is 6.90. The minimum atomic E-state index is -0.662. The molecule has 1 unspecified atom stereocenters. The lowest BCUT2D eigenvalue weighted by molar-refractivity contribution is -0.481. The number of benzene rings is 2. The average molecular weight is 283 g/mol. The van der Waals surface area contributed by atoms with Gasteiger partial charge >= 0.3 is 0 Å². The van der Waals surface area contributed by atoms with Crippen molar-refractivity contribution in [3.63, 3.8) is 0 Å². The van der Waals surface area contributed by atoms with Gasteiger partial charge in [-0.15, -0.1) is 0 Å². The molecule has 2 aromatic carbocycles. The minimum absolute atomic E-state index is 0.0817. The van der Waals surface area contributed by atoms with Gasteiger partial charge in [0.15, 0.2) is 0 Å². The van der Waals surface area contributed by atoms with Crippen LogP contribution in [-0.4, -0.2) is 17.3 Å². The van der Waals surface area contributed by atoms with E-state index in [9.17, 15) is 14.9 Å². The molecule has 1 atom stereocenters. The molecule has 0 spiro atoms. The highest BCUT2D eigenvalue weighted by Gasteiger charge is 2.25. The van der Waals surface area contributed by atoms with E-state index in [1.165, 1.54) is 0 Å². The Morgan fingerprint density at radius 2 is 1.57 bits per heavy atom. The predicted molar refractivity (Wildman–Crippen MR) is 80.8 cm³/mol. The number of hydrogen-bond donors (Lipinski definition) is 0. The van der Waals surface area contributed by atoms with Crippen molar-refractivity contribution in [2.24, 2.45) is 0 Å². The van der Waals surface area contributed by atoms with E-state index in [2.05, 4.69) is 0 Å². The topological polar surface area (TPSA) is 60.2 Å². The third-order valence-electron chi connectivity index (χ3n) is 3.43. The van der Waals surface area contributed by atoms with Gasteiger partial charge in [-0.1, -0.05) is 60.7 Å². The lowest BCUT2D eigenvalue weighted by atomic mass is 9.91. The molecule has 0 amide bonds. The van der Waals surface area contributed by atoms with Crippen LogP contribution in [0.25, 0.3) is 0 Å². The van der Waals surface area contributed by atoms with Crippen LogP contribution in [0.3, 0.4) is 0 Å². The highest BCUT2D eigenvalue weighted by atomic mass is 16.6. The quantitative estimate of drug-likeness (QED) is 0.579. The first-order valence-corrected chi connectivity index (χ1v) is 6.90. The van der Waals surface area contributed by atoms with Crippen molar-refractivity contribution in [3.05, 3.63) is 81.9 Å². The maximum absolute atomic E-state index is 12.3. The van der Waals surface area contributed by atoms with Gasteiger partial charge in [0.2, 0.25) is 6.54 Å². The first kappa shape index (κ1) is 14.9. The van der Waals surface area contributed by atoms with E-state index in [1.54, 1.807) is 24.3 Å². The van der Waals surface area contributed by atoms with Crippen molar-refractivity contribution in [1.29, 1.82) is 0 Å². The van der Waals surface area contributed by atoms with E-state index in [1.807, 2.05) is 36.4 Å². The molecule has 0 radical (unpaired) electrons. The van der Waals surface area contributed by atoms with E-state index in [0.717, 1.165) is 5.56 Å². The summed E-state index contributed by atoms with van der Waals surface area (Å²) in [7, 11) is 0. The summed E-state index contributed by atoms with van der Waals surface area (Å²) < 4.78 is 0. The Hall–Kier alpha value is -2.49. The zero-order chi connectivity index (χ0) is 15.1. The minimum Gasteiger partial charge on any atom is -0.299 e. The predicted octanol–water partition coefficient (Wildman–Crippen LogP) is 3.25. The van der Waals surface area contributed by atoms with Crippen molar-refractivity contribution < 1.29 is 9.72 Å². The van der Waals surface area contributed by atoms with E-state index in [-0.39, 0.29) is 12.3 Å². The number of Topliss-reactive ketones (excluding diaryl/α,β-unsaturated/α-hetero) is 1. The Morgan fingerprint density at radius 1 is 1.00 bits per heavy atom. The number of ketones is 1. The molecule has 0 aliphatic heterocycles. The SMILES string of the molecule is O=C(CCc1ccccc1)C(C[N+](=O)[O-])c1ccccc1. The largest absolute Gasteiger partial charge is 0.299 e. The van der Waals surface area contributed by atoms with Gasteiger partial charge in [0, 0.05) is 11.3 Å². The van der Waals surface area contributed by atoms with Gasteiger partial charge < -0.3 is 0 Å². The number of nitro groups is 1. The summed E-state index contributed by atoms with van der Waals surface area (Å²) in [6, 6.07) is 18.7. The Kier molecular flexibility index (Phi) is 5.21. The fourth-order valence-corrected chi connectivity index (χ4v) is 2.31. The summed E-state index contributed by atoms with van der Waals surface area (Å²) >= 11 is 0. The molecule has 0 N–H and O–H groups in total. The molecule has 0 aliphatic rings. The molecule has 108 valence electrons. The normalized spacial score (nSPS) is 11.8. The van der Waals surface area contributed by atoms with Crippen LogP contribution in [0, 0.1) is 10.1 Å². The third-order valence-corrected chi connectivity index (χ3v) is 3.43. The van der Waals surface area contributed by atoms with Crippen molar-refractivity contribution in [2.75, 3.05) is 6.54 Å². The summed E-state index contributed by atoms with van der Waals surface area (Å²) in [5.41, 5.74) is 1.78. The number of rotatable bonds is 7. The molecule has 0 aliphatic carbocycles. The van der Waals surface area contributed by atoms with Gasteiger partial charge in [0.25, 0.3) is 0 Å². The molecule has 0 saturated carbocycles. The van der Waals surface area contributed by atoms with Gasteiger partial charge in [-0.25, -0.2) is 0 Å². The molecule has 0 heterocycles. The number of carbonyl (C=O) groups excluding carboxylic acids is 1. The summed E-state index contributed by atoms with van der Waals surface area (Å²) in [6.07, 6.45) is 0.929. The van der Waals surface area contributed by atoms with Gasteiger partial charge in [-0.3, -0.25) is 14.9 Å². The maximum Gasteiger partial charge on any atom is 0.217 e. The van der Waals surface area contributed by atoms with E-state index in [4.69, 9.17) is 0 Å². The molecule has 2 rings (SSSR count). The molecule has 0 bridgehead atoms. The van der Waals surface area contributed by atoms with E-state index >= 15 is 0 Å². The van der Waals surface area contributed by atoms with Crippen LogP contribution < -0.4 is 0 Å². The number of aryl methyl sites for hydroxylation is 1. The fourth-order valence-electron chi connectivity index (χ4n) is 2.31. The van der Waals surface area contributed by atoms with Crippen molar-refractivity contribution >= 4 is 5.78 Å². The Morgan fingerprint density at radius 3 is 2.14 bits per heavy atom.